The van der Waals surface area contributed by atoms with E-state index in [2.05, 4.69) is 19.9 Å². The van der Waals surface area contributed by atoms with E-state index in [0.717, 1.165) is 18.2 Å². The second kappa shape index (κ2) is 16.3. The van der Waals surface area contributed by atoms with Crippen LogP contribution in [0.2, 0.25) is 0 Å². The van der Waals surface area contributed by atoms with Crippen LogP contribution in [0.3, 0.4) is 0 Å². The van der Waals surface area contributed by atoms with Crippen molar-refractivity contribution in [1.29, 1.82) is 0 Å². The predicted molar refractivity (Wildman–Crippen MR) is 237 cm³/mol. The third-order valence-electron chi connectivity index (χ3n) is 11.2. The molecule has 330 valence electrons. The maximum Gasteiger partial charge on any atom is 0.335 e. The first kappa shape index (κ1) is 42.4. The van der Waals surface area contributed by atoms with Crippen LogP contribution in [-0.4, -0.2) is 91.5 Å². The number of aromatic hydroxyl groups is 1. The molecule has 9 rings (SSSR count). The average molecular weight is 897 g/mol. The van der Waals surface area contributed by atoms with Crippen LogP contribution < -0.4 is 21.4 Å². The summed E-state index contributed by atoms with van der Waals surface area (Å²) in [5, 5.41) is 72.4. The summed E-state index contributed by atoms with van der Waals surface area (Å²) in [6, 6.07) is 30.5. The Morgan fingerprint density at radius 1 is 0.284 bits per heavy atom. The maximum atomic E-state index is 12.4. The van der Waals surface area contributed by atoms with Crippen LogP contribution in [-0.2, 0) is 0 Å². The monoisotopic (exact) mass is 896 g/mol. The number of phenols is 1. The third-order valence-corrected chi connectivity index (χ3v) is 11.2. The minimum absolute atomic E-state index is 0.0154. The van der Waals surface area contributed by atoms with Gasteiger partial charge in [-0.05, 0) is 138 Å². The van der Waals surface area contributed by atoms with Crippen LogP contribution in [0.15, 0.2) is 127 Å². The number of fused-ring (bicyclic) bond motifs is 8. The van der Waals surface area contributed by atoms with Gasteiger partial charge in [0.05, 0.1) is 33.4 Å². The van der Waals surface area contributed by atoms with Crippen LogP contribution >= 0.6 is 0 Å². The molecular formula is C50H32N4O13. The van der Waals surface area contributed by atoms with E-state index in [-0.39, 0.29) is 72.4 Å². The molecule has 8 aromatic rings. The molecule has 4 aromatic heterocycles. The summed E-state index contributed by atoms with van der Waals surface area (Å²) in [7, 11) is 0. The lowest BCUT2D eigenvalue weighted by Gasteiger charge is -2.12. The van der Waals surface area contributed by atoms with Crippen molar-refractivity contribution in [2.45, 2.75) is 0 Å². The van der Waals surface area contributed by atoms with Gasteiger partial charge >= 0.3 is 35.8 Å². The van der Waals surface area contributed by atoms with Gasteiger partial charge in [0.1, 0.15) is 5.75 Å². The Bertz CT molecular complexity index is 3640. The zero-order valence-electron chi connectivity index (χ0n) is 34.2. The number of hydrogen-bond donors (Lipinski definition) is 11. The Morgan fingerprint density at radius 3 is 0.761 bits per heavy atom. The quantitative estimate of drug-likeness (QED) is 0.0919. The van der Waals surface area contributed by atoms with Gasteiger partial charge in [-0.1, -0.05) is 12.1 Å². The number of rotatable bonds is 10. The molecule has 0 radical (unpaired) electrons. The van der Waals surface area contributed by atoms with Crippen molar-refractivity contribution < 1.29 is 64.5 Å². The standard InChI is InChI=1S/C50H32N4O13/c55-32-3-1-22(2-4-32)41-33-5-7-35(51-33)42(23-13-26(45(56)57)19-27(14-23)46(58)59)37-9-11-39(53-37)44(25-17-30(49(64)65)21-31(18-25)50(66)67)40-12-10-38(54-40)43(36-8-6-34(41)52-36)24-15-28(47(60)61)20-29(16-24)48(62)63/h1-21,51-55H,(H,56,57)(H,58,59)(H,60,61)(H,62,63)(H,64,65)(H,66,67). The molecular weight excluding hydrogens is 865 g/mol. The van der Waals surface area contributed by atoms with E-state index in [0.29, 0.717) is 55.4 Å². The minimum atomic E-state index is -1.42. The summed E-state index contributed by atoms with van der Waals surface area (Å²) in [6.07, 6.45) is 0. The van der Waals surface area contributed by atoms with Crippen LogP contribution in [0.25, 0.3) is 22.3 Å². The van der Waals surface area contributed by atoms with Crippen molar-refractivity contribution in [3.8, 4) is 5.75 Å². The van der Waals surface area contributed by atoms with Gasteiger partial charge in [0.25, 0.3) is 0 Å². The molecule has 0 atom stereocenters. The summed E-state index contributed by atoms with van der Waals surface area (Å²) in [6.45, 7) is 0. The fourth-order valence-corrected chi connectivity index (χ4v) is 8.26. The number of aromatic amines is 4. The number of aromatic carboxylic acids is 6. The lowest BCUT2D eigenvalue weighted by molar-refractivity contribution is 0.0676. The van der Waals surface area contributed by atoms with E-state index in [1.807, 2.05) is 0 Å². The second-order valence-electron chi connectivity index (χ2n) is 15.4. The highest BCUT2D eigenvalue weighted by Gasteiger charge is 2.23. The normalized spacial score (nSPS) is 12.2. The first-order chi connectivity index (χ1) is 32.0. The largest absolute Gasteiger partial charge is 0.508 e. The summed E-state index contributed by atoms with van der Waals surface area (Å²) >= 11 is 0. The fourth-order valence-electron chi connectivity index (χ4n) is 8.26. The molecule has 11 N–H and O–H groups in total. The van der Waals surface area contributed by atoms with Crippen LogP contribution in [0.5, 0.6) is 5.75 Å². The number of carboxylic acids is 6. The van der Waals surface area contributed by atoms with Crippen molar-refractivity contribution in [1.82, 2.24) is 19.9 Å². The Morgan fingerprint density at radius 2 is 0.522 bits per heavy atom. The highest BCUT2D eigenvalue weighted by Crippen LogP contribution is 2.31. The first-order valence-electron chi connectivity index (χ1n) is 20.0. The molecule has 17 nitrogen and oxygen atoms in total. The second-order valence-corrected chi connectivity index (χ2v) is 15.4. The number of nitrogens with one attached hydrogen (secondary N) is 4. The minimum Gasteiger partial charge on any atom is -0.508 e. The number of benzene rings is 4. The van der Waals surface area contributed by atoms with Crippen molar-refractivity contribution in [2.24, 2.45) is 0 Å². The van der Waals surface area contributed by atoms with E-state index < -0.39 is 35.8 Å². The van der Waals surface area contributed by atoms with E-state index in [1.165, 1.54) is 48.5 Å². The molecule has 5 heterocycles. The zero-order chi connectivity index (χ0) is 47.4. The van der Waals surface area contributed by atoms with Gasteiger partial charge in [-0.25, -0.2) is 28.8 Å². The zero-order valence-corrected chi connectivity index (χ0v) is 34.2. The molecule has 0 amide bonds. The number of hydrogen-bond acceptors (Lipinski definition) is 7. The molecule has 1 aliphatic rings. The van der Waals surface area contributed by atoms with Crippen LogP contribution in [0.1, 0.15) is 107 Å². The van der Waals surface area contributed by atoms with Gasteiger partial charge in [-0.15, -0.1) is 0 Å². The molecule has 4 aromatic carbocycles. The molecule has 0 spiro atoms. The Balaban J connectivity index is 1.48. The highest BCUT2D eigenvalue weighted by molar-refractivity contribution is 5.99. The van der Waals surface area contributed by atoms with Gasteiger partial charge in [-0.3, -0.25) is 0 Å². The number of carboxylic acid groups (broad SMARTS) is 6. The number of aromatic nitrogens is 4. The smallest absolute Gasteiger partial charge is 0.335 e. The topological polar surface area (TPSA) is 307 Å². The molecule has 0 unspecified atom stereocenters. The van der Waals surface area contributed by atoms with Crippen LogP contribution in [0, 0.1) is 0 Å². The molecule has 1 aliphatic heterocycles. The Kier molecular flexibility index (Phi) is 10.3. The molecule has 67 heavy (non-hydrogen) atoms. The lowest BCUT2D eigenvalue weighted by atomic mass is 9.97. The van der Waals surface area contributed by atoms with Gasteiger partial charge < -0.3 is 55.7 Å². The predicted octanol–water partition coefficient (Wildman–Crippen LogP) is 4.20. The van der Waals surface area contributed by atoms with E-state index >= 15 is 0 Å². The number of phenolic OH excluding ortho intramolecular Hbond substituents is 1. The van der Waals surface area contributed by atoms with Gasteiger partial charge in [0.2, 0.25) is 0 Å². The number of carbonyl (C=O) groups is 6. The molecule has 8 bridgehead atoms. The lowest BCUT2D eigenvalue weighted by Crippen LogP contribution is -2.19. The Hall–Kier alpha value is -9.90. The SMILES string of the molecule is O=C(O)c1cc(C(=O)O)cc(C2=c3ccc([nH]3)=C(c3ccc(O)cc3)c3ccc([nH]3)C(c3cc(C(=O)O)cc(C(=O)O)c3)=c3ccc([nH]3)=C(c3cc(C(=O)O)cc(C(=O)O)c3)c3ccc2[nH]3)c1. The van der Waals surface area contributed by atoms with Gasteiger partial charge in [0, 0.05) is 66.5 Å². The van der Waals surface area contributed by atoms with Gasteiger partial charge in [-0.2, -0.15) is 0 Å². The molecule has 0 fully saturated rings. The van der Waals surface area contributed by atoms with Crippen molar-refractivity contribution in [3.63, 3.8) is 0 Å². The molecule has 0 aliphatic carbocycles. The van der Waals surface area contributed by atoms with E-state index in [1.54, 1.807) is 60.7 Å². The summed E-state index contributed by atoms with van der Waals surface area (Å²) in [5.41, 5.74) is 1.83. The number of H-pyrrole nitrogens is 4. The van der Waals surface area contributed by atoms with Crippen molar-refractivity contribution in [3.05, 3.63) is 227 Å². The first-order valence-corrected chi connectivity index (χ1v) is 20.0. The summed E-state index contributed by atoms with van der Waals surface area (Å²) in [4.78, 5) is 88.0. The fraction of sp³-hybridized carbons (Fsp3) is 0. The van der Waals surface area contributed by atoms with E-state index in [9.17, 15) is 64.5 Å². The average Bonchev–Trinajstić information content (AvgIpc) is 4.15. The van der Waals surface area contributed by atoms with Crippen molar-refractivity contribution >= 4 is 58.1 Å². The molecule has 0 saturated carbocycles. The molecule has 0 saturated heterocycles. The maximum absolute atomic E-state index is 12.4. The van der Waals surface area contributed by atoms with Crippen LogP contribution in [0.4, 0.5) is 0 Å². The highest BCUT2D eigenvalue weighted by atomic mass is 16.4. The van der Waals surface area contributed by atoms with Crippen molar-refractivity contribution in [2.75, 3.05) is 0 Å². The Labute approximate surface area is 374 Å². The van der Waals surface area contributed by atoms with E-state index in [4.69, 9.17) is 0 Å². The third kappa shape index (κ3) is 7.91. The summed E-state index contributed by atoms with van der Waals surface area (Å²) < 4.78 is 0. The van der Waals surface area contributed by atoms with Gasteiger partial charge in [0.15, 0.2) is 0 Å². The molecule has 17 heteroatoms. The summed E-state index contributed by atoms with van der Waals surface area (Å²) in [5.74, 6) is -8.41.